The third-order valence-corrected chi connectivity index (χ3v) is 6.46. The van der Waals surface area contributed by atoms with E-state index in [1.807, 2.05) is 9.91 Å². The van der Waals surface area contributed by atoms with E-state index in [2.05, 4.69) is 10.3 Å². The predicted molar refractivity (Wildman–Crippen MR) is 107 cm³/mol. The Morgan fingerprint density at radius 3 is 2.38 bits per heavy atom. The van der Waals surface area contributed by atoms with Crippen LogP contribution in [0.1, 0.15) is 12.8 Å². The van der Waals surface area contributed by atoms with Gasteiger partial charge in [-0.05, 0) is 12.8 Å². The van der Waals surface area contributed by atoms with Crippen LogP contribution in [0.5, 0.6) is 0 Å². The van der Waals surface area contributed by atoms with Crippen molar-refractivity contribution in [3.05, 3.63) is 35.0 Å². The standard InChI is InChI=1S/C20H25ClN4O4/c21-17-18(20(29)14-5-2-1-4-13(14)19(17)28)22-25-7-3-6-15(25)24-10-8-23(9-11-24)12-16(26)27/h1-2,4-5,13-15,22H,3,6-12H2,(H,26,27). The SMILES string of the molecule is O=C(O)CN1CCN(C2CCCN2NC2=C(Cl)C(=O)C3C=CC=CC3C2=O)CC1. The maximum absolute atomic E-state index is 13.0. The zero-order chi connectivity index (χ0) is 20.5. The smallest absolute Gasteiger partial charge is 0.317 e. The number of fused-ring (bicyclic) bond motifs is 1. The molecule has 2 aliphatic carbocycles. The number of Topliss-reactive ketones (excluding diaryl/α,β-unsaturated/α-hetero) is 2. The van der Waals surface area contributed by atoms with Crippen molar-refractivity contribution in [3.8, 4) is 0 Å². The van der Waals surface area contributed by atoms with Crippen LogP contribution in [0.25, 0.3) is 0 Å². The fourth-order valence-corrected chi connectivity index (χ4v) is 4.83. The maximum Gasteiger partial charge on any atom is 0.317 e. The van der Waals surface area contributed by atoms with Gasteiger partial charge in [0.1, 0.15) is 10.7 Å². The lowest BCUT2D eigenvalue weighted by Crippen LogP contribution is -2.58. The first kappa shape index (κ1) is 20.3. The number of ketones is 2. The third kappa shape index (κ3) is 4.02. The second-order valence-electron chi connectivity index (χ2n) is 7.87. The van der Waals surface area contributed by atoms with Gasteiger partial charge < -0.3 is 10.5 Å². The molecule has 2 aliphatic heterocycles. The van der Waals surface area contributed by atoms with Crippen LogP contribution in [0.15, 0.2) is 35.0 Å². The Morgan fingerprint density at radius 2 is 1.72 bits per heavy atom. The number of halogens is 1. The molecule has 156 valence electrons. The minimum absolute atomic E-state index is 0.0203. The van der Waals surface area contributed by atoms with E-state index in [4.69, 9.17) is 16.7 Å². The number of nitrogens with one attached hydrogen (secondary N) is 1. The molecule has 0 radical (unpaired) electrons. The molecule has 2 fully saturated rings. The Hall–Kier alpha value is -2.00. The second kappa shape index (κ2) is 8.39. The Morgan fingerprint density at radius 1 is 1.07 bits per heavy atom. The number of carbonyl (C=O) groups is 3. The minimum atomic E-state index is -0.811. The van der Waals surface area contributed by atoms with Crippen molar-refractivity contribution in [2.45, 2.75) is 19.0 Å². The number of hydrogen-bond acceptors (Lipinski definition) is 7. The summed E-state index contributed by atoms with van der Waals surface area (Å²) in [4.78, 5) is 40.8. The van der Waals surface area contributed by atoms with E-state index in [-0.39, 0.29) is 35.0 Å². The zero-order valence-electron chi connectivity index (χ0n) is 16.1. The molecule has 0 aromatic heterocycles. The number of carboxylic acid groups (broad SMARTS) is 1. The number of nitrogens with zero attached hydrogens (tertiary/aromatic N) is 3. The molecule has 0 aromatic carbocycles. The number of piperazine rings is 1. The summed E-state index contributed by atoms with van der Waals surface area (Å²) in [5.41, 5.74) is 3.36. The summed E-state index contributed by atoms with van der Waals surface area (Å²) >= 11 is 6.31. The molecule has 2 saturated heterocycles. The normalized spacial score (nSPS) is 31.4. The van der Waals surface area contributed by atoms with Crippen molar-refractivity contribution in [3.63, 3.8) is 0 Å². The molecule has 0 bridgehead atoms. The number of carboxylic acids is 1. The molecule has 2 heterocycles. The summed E-state index contributed by atoms with van der Waals surface area (Å²) in [6.07, 6.45) is 9.05. The number of hydrogen-bond donors (Lipinski definition) is 2. The quantitative estimate of drug-likeness (QED) is 0.667. The molecule has 8 nitrogen and oxygen atoms in total. The van der Waals surface area contributed by atoms with E-state index in [0.29, 0.717) is 13.1 Å². The lowest BCUT2D eigenvalue weighted by Gasteiger charge is -2.41. The van der Waals surface area contributed by atoms with Gasteiger partial charge >= 0.3 is 5.97 Å². The predicted octanol–water partition coefficient (Wildman–Crippen LogP) is 0.576. The van der Waals surface area contributed by atoms with Crippen LogP contribution in [-0.4, -0.2) is 82.9 Å². The highest BCUT2D eigenvalue weighted by atomic mass is 35.5. The summed E-state index contributed by atoms with van der Waals surface area (Å²) in [6.45, 7) is 3.71. The van der Waals surface area contributed by atoms with Gasteiger partial charge in [-0.3, -0.25) is 24.2 Å². The molecule has 29 heavy (non-hydrogen) atoms. The topological polar surface area (TPSA) is 93.2 Å². The number of carbonyl (C=O) groups excluding carboxylic acids is 2. The Kier molecular flexibility index (Phi) is 5.87. The molecule has 4 rings (SSSR count). The van der Waals surface area contributed by atoms with Gasteiger partial charge in [-0.25, -0.2) is 5.01 Å². The van der Waals surface area contributed by atoms with Gasteiger partial charge in [0, 0.05) is 32.7 Å². The summed E-state index contributed by atoms with van der Waals surface area (Å²) in [5, 5.41) is 10.9. The lowest BCUT2D eigenvalue weighted by molar-refractivity contribution is -0.139. The highest BCUT2D eigenvalue weighted by Crippen LogP contribution is 2.34. The monoisotopic (exact) mass is 420 g/mol. The first-order valence-corrected chi connectivity index (χ1v) is 10.4. The average molecular weight is 421 g/mol. The van der Waals surface area contributed by atoms with Crippen molar-refractivity contribution < 1.29 is 19.5 Å². The molecule has 2 N–H and O–H groups in total. The van der Waals surface area contributed by atoms with Gasteiger partial charge in [-0.1, -0.05) is 35.9 Å². The minimum Gasteiger partial charge on any atom is -0.480 e. The van der Waals surface area contributed by atoms with Crippen molar-refractivity contribution in [1.29, 1.82) is 0 Å². The van der Waals surface area contributed by atoms with Gasteiger partial charge in [0.2, 0.25) is 0 Å². The molecule has 0 spiro atoms. The molecular weight excluding hydrogens is 396 g/mol. The number of aliphatic carboxylic acids is 1. The van der Waals surface area contributed by atoms with Crippen LogP contribution in [0.4, 0.5) is 0 Å². The Labute approximate surface area is 174 Å². The zero-order valence-corrected chi connectivity index (χ0v) is 16.8. The fraction of sp³-hybridized carbons (Fsp3) is 0.550. The van der Waals surface area contributed by atoms with Crippen LogP contribution >= 0.6 is 11.6 Å². The summed E-state index contributed by atoms with van der Waals surface area (Å²) in [5.74, 6) is -2.20. The van der Waals surface area contributed by atoms with E-state index in [0.717, 1.165) is 32.5 Å². The Bertz CT molecular complexity index is 800. The van der Waals surface area contributed by atoms with E-state index >= 15 is 0 Å². The first-order chi connectivity index (χ1) is 14.0. The number of rotatable bonds is 5. The number of hydrazine groups is 1. The summed E-state index contributed by atoms with van der Waals surface area (Å²) < 4.78 is 0. The van der Waals surface area contributed by atoms with Crippen LogP contribution in [0, 0.1) is 11.8 Å². The first-order valence-electron chi connectivity index (χ1n) is 10.0. The lowest BCUT2D eigenvalue weighted by atomic mass is 9.77. The van der Waals surface area contributed by atoms with Gasteiger partial charge in [0.25, 0.3) is 0 Å². The molecule has 9 heteroatoms. The van der Waals surface area contributed by atoms with E-state index in [1.165, 1.54) is 0 Å². The Balaban J connectivity index is 1.45. The molecule has 0 amide bonds. The van der Waals surface area contributed by atoms with Gasteiger partial charge in [0.05, 0.1) is 24.5 Å². The van der Waals surface area contributed by atoms with Crippen molar-refractivity contribution in [2.24, 2.45) is 11.8 Å². The molecule has 0 aromatic rings. The van der Waals surface area contributed by atoms with E-state index in [9.17, 15) is 14.4 Å². The van der Waals surface area contributed by atoms with Crippen molar-refractivity contribution in [2.75, 3.05) is 39.3 Å². The largest absolute Gasteiger partial charge is 0.480 e. The summed E-state index contributed by atoms with van der Waals surface area (Å²) in [6, 6.07) is 0. The van der Waals surface area contributed by atoms with E-state index in [1.54, 1.807) is 24.3 Å². The van der Waals surface area contributed by atoms with Crippen molar-refractivity contribution in [1.82, 2.24) is 20.2 Å². The van der Waals surface area contributed by atoms with Crippen LogP contribution in [-0.2, 0) is 14.4 Å². The summed E-state index contributed by atoms with van der Waals surface area (Å²) in [7, 11) is 0. The van der Waals surface area contributed by atoms with Gasteiger partial charge in [-0.2, -0.15) is 0 Å². The van der Waals surface area contributed by atoms with Gasteiger partial charge in [-0.15, -0.1) is 0 Å². The van der Waals surface area contributed by atoms with Crippen molar-refractivity contribution >= 4 is 29.1 Å². The molecule has 0 saturated carbocycles. The molecule has 3 unspecified atom stereocenters. The molecular formula is C20H25ClN4O4. The van der Waals surface area contributed by atoms with Gasteiger partial charge in [0.15, 0.2) is 11.6 Å². The van der Waals surface area contributed by atoms with Crippen LogP contribution < -0.4 is 5.43 Å². The number of allylic oxidation sites excluding steroid dienone is 6. The maximum atomic E-state index is 13.0. The molecule has 3 atom stereocenters. The highest BCUT2D eigenvalue weighted by molar-refractivity contribution is 6.46. The van der Waals surface area contributed by atoms with Crippen LogP contribution in [0.2, 0.25) is 0 Å². The highest BCUT2D eigenvalue weighted by Gasteiger charge is 2.42. The third-order valence-electron chi connectivity index (χ3n) is 6.09. The molecule has 4 aliphatic rings. The average Bonchev–Trinajstić information content (AvgIpc) is 3.18. The second-order valence-corrected chi connectivity index (χ2v) is 8.25. The van der Waals surface area contributed by atoms with E-state index < -0.39 is 17.8 Å². The fourth-order valence-electron chi connectivity index (χ4n) is 4.57. The van der Waals surface area contributed by atoms with Crippen LogP contribution in [0.3, 0.4) is 0 Å².